The Labute approximate surface area is 147 Å². The van der Waals surface area contributed by atoms with Crippen molar-refractivity contribution < 1.29 is 4.74 Å². The molecule has 0 aromatic rings. The van der Waals surface area contributed by atoms with E-state index < -0.39 is 0 Å². The summed E-state index contributed by atoms with van der Waals surface area (Å²) in [4.78, 5) is 0. The molecule has 2 atom stereocenters. The van der Waals surface area contributed by atoms with E-state index in [1.165, 1.54) is 77.0 Å². The first-order chi connectivity index (χ1) is 11.0. The van der Waals surface area contributed by atoms with Gasteiger partial charge < -0.3 is 4.74 Å². The van der Waals surface area contributed by atoms with E-state index in [1.54, 1.807) is 6.42 Å². The second kappa shape index (κ2) is 12.3. The summed E-state index contributed by atoms with van der Waals surface area (Å²) >= 11 is 0. The summed E-state index contributed by atoms with van der Waals surface area (Å²) in [5.41, 5.74) is 0.413. The van der Waals surface area contributed by atoms with E-state index in [0.29, 0.717) is 5.41 Å². The van der Waals surface area contributed by atoms with Crippen LogP contribution in [0.3, 0.4) is 0 Å². The van der Waals surface area contributed by atoms with Crippen LogP contribution in [0, 0.1) is 17.3 Å². The molecule has 1 rings (SSSR count). The molecule has 0 aromatic heterocycles. The molecule has 1 aliphatic rings. The van der Waals surface area contributed by atoms with Crippen molar-refractivity contribution in [3.63, 3.8) is 0 Å². The zero-order chi connectivity index (χ0) is 17.0. The summed E-state index contributed by atoms with van der Waals surface area (Å²) < 4.78 is 5.74. The molecule has 23 heavy (non-hydrogen) atoms. The molecule has 0 amide bonds. The summed E-state index contributed by atoms with van der Waals surface area (Å²) in [5.74, 6) is 2.21. The van der Waals surface area contributed by atoms with Crippen molar-refractivity contribution in [1.82, 2.24) is 0 Å². The first-order valence-electron chi connectivity index (χ1n) is 10.6. The minimum atomic E-state index is 0.413. The zero-order valence-electron chi connectivity index (χ0n) is 16.7. The molecule has 1 saturated carbocycles. The van der Waals surface area contributed by atoms with Crippen LogP contribution in [0.4, 0.5) is 0 Å². The van der Waals surface area contributed by atoms with Gasteiger partial charge in [-0.05, 0) is 36.5 Å². The van der Waals surface area contributed by atoms with Gasteiger partial charge in [0.05, 0.1) is 0 Å². The van der Waals surface area contributed by atoms with E-state index in [2.05, 4.69) is 27.7 Å². The predicted octanol–water partition coefficient (Wildman–Crippen LogP) is 7.39. The maximum absolute atomic E-state index is 5.74. The lowest BCUT2D eigenvalue weighted by Gasteiger charge is -2.17. The van der Waals surface area contributed by atoms with Crippen LogP contribution >= 0.6 is 0 Å². The van der Waals surface area contributed by atoms with Gasteiger partial charge in [0, 0.05) is 13.2 Å². The number of unbranched alkanes of at least 4 members (excludes halogenated alkanes) is 7. The molecule has 138 valence electrons. The van der Waals surface area contributed by atoms with Crippen molar-refractivity contribution in [2.45, 2.75) is 111 Å². The zero-order valence-corrected chi connectivity index (χ0v) is 16.7. The van der Waals surface area contributed by atoms with Crippen LogP contribution in [0.5, 0.6) is 0 Å². The number of rotatable bonds is 15. The van der Waals surface area contributed by atoms with E-state index in [-0.39, 0.29) is 0 Å². The molecule has 1 aliphatic carbocycles. The van der Waals surface area contributed by atoms with Gasteiger partial charge in [0.2, 0.25) is 0 Å². The van der Waals surface area contributed by atoms with Gasteiger partial charge in [0.25, 0.3) is 0 Å². The van der Waals surface area contributed by atoms with Crippen molar-refractivity contribution in [3.05, 3.63) is 0 Å². The highest BCUT2D eigenvalue weighted by molar-refractivity contribution is 4.85. The minimum Gasteiger partial charge on any atom is -0.381 e. The predicted molar refractivity (Wildman–Crippen MR) is 103 cm³/mol. The lowest BCUT2D eigenvalue weighted by molar-refractivity contribution is 0.105. The Morgan fingerprint density at radius 3 is 1.87 bits per heavy atom. The van der Waals surface area contributed by atoms with Crippen LogP contribution < -0.4 is 0 Å². The van der Waals surface area contributed by atoms with Gasteiger partial charge >= 0.3 is 0 Å². The van der Waals surface area contributed by atoms with Crippen molar-refractivity contribution in [2.24, 2.45) is 17.3 Å². The molecule has 0 aliphatic heterocycles. The average molecular weight is 325 g/mol. The number of hydrogen-bond donors (Lipinski definition) is 0. The molecule has 0 spiro atoms. The summed E-state index contributed by atoms with van der Waals surface area (Å²) in [6.07, 6.45) is 18.5. The molecule has 0 saturated heterocycles. The number of hydrogen-bond acceptors (Lipinski definition) is 1. The first-order valence-corrected chi connectivity index (χ1v) is 10.6. The maximum Gasteiger partial charge on any atom is 0.0471 e. The Kier molecular flexibility index (Phi) is 11.3. The Morgan fingerprint density at radius 2 is 1.30 bits per heavy atom. The van der Waals surface area contributed by atoms with Gasteiger partial charge in [-0.25, -0.2) is 0 Å². The standard InChI is InChI=1S/C22H44O/c1-5-6-7-8-11-14-20-19-21(20)15-12-9-10-13-17-23-18-16-22(2,3)4/h20-21H,5-19H2,1-4H3. The van der Waals surface area contributed by atoms with Crippen molar-refractivity contribution in [3.8, 4) is 0 Å². The van der Waals surface area contributed by atoms with E-state index in [9.17, 15) is 0 Å². The summed E-state index contributed by atoms with van der Waals surface area (Å²) in [6.45, 7) is 11.1. The second-order valence-electron chi connectivity index (χ2n) is 9.08. The molecule has 0 heterocycles. The second-order valence-corrected chi connectivity index (χ2v) is 9.08. The van der Waals surface area contributed by atoms with Crippen LogP contribution in [-0.2, 0) is 4.74 Å². The SMILES string of the molecule is CCCCCCCC1CC1CCCCCCOCCC(C)(C)C. The smallest absolute Gasteiger partial charge is 0.0471 e. The van der Waals surface area contributed by atoms with Gasteiger partial charge in [-0.1, -0.05) is 91.9 Å². The van der Waals surface area contributed by atoms with Crippen LogP contribution in [0.25, 0.3) is 0 Å². The molecular weight excluding hydrogens is 280 g/mol. The van der Waals surface area contributed by atoms with Crippen molar-refractivity contribution in [1.29, 1.82) is 0 Å². The van der Waals surface area contributed by atoms with Gasteiger partial charge in [0.15, 0.2) is 0 Å². The third-order valence-corrected chi connectivity index (χ3v) is 5.36. The average Bonchev–Trinajstić information content (AvgIpc) is 3.22. The van der Waals surface area contributed by atoms with E-state index in [1.807, 2.05) is 0 Å². The Balaban J connectivity index is 1.76. The molecule has 2 unspecified atom stereocenters. The fourth-order valence-corrected chi connectivity index (χ4v) is 3.47. The monoisotopic (exact) mass is 324 g/mol. The minimum absolute atomic E-state index is 0.413. The molecule has 1 nitrogen and oxygen atoms in total. The topological polar surface area (TPSA) is 9.23 Å². The lowest BCUT2D eigenvalue weighted by atomic mass is 9.93. The highest BCUT2D eigenvalue weighted by Gasteiger charge is 2.34. The van der Waals surface area contributed by atoms with Crippen LogP contribution in [0.2, 0.25) is 0 Å². The van der Waals surface area contributed by atoms with Gasteiger partial charge in [-0.2, -0.15) is 0 Å². The van der Waals surface area contributed by atoms with Crippen LogP contribution in [0.15, 0.2) is 0 Å². The maximum atomic E-state index is 5.74. The Bertz CT molecular complexity index is 266. The van der Waals surface area contributed by atoms with E-state index in [4.69, 9.17) is 4.74 Å². The molecule has 0 aromatic carbocycles. The molecule has 0 N–H and O–H groups in total. The molecule has 1 heteroatoms. The van der Waals surface area contributed by atoms with Gasteiger partial charge in [-0.3, -0.25) is 0 Å². The van der Waals surface area contributed by atoms with E-state index >= 15 is 0 Å². The summed E-state index contributed by atoms with van der Waals surface area (Å²) in [6, 6.07) is 0. The van der Waals surface area contributed by atoms with Crippen LogP contribution in [0.1, 0.15) is 111 Å². The van der Waals surface area contributed by atoms with Crippen molar-refractivity contribution in [2.75, 3.05) is 13.2 Å². The normalized spacial score (nSPS) is 20.9. The summed E-state index contributed by atoms with van der Waals surface area (Å²) in [5, 5.41) is 0. The summed E-state index contributed by atoms with van der Waals surface area (Å²) in [7, 11) is 0. The third kappa shape index (κ3) is 13.0. The third-order valence-electron chi connectivity index (χ3n) is 5.36. The molecule has 0 bridgehead atoms. The van der Waals surface area contributed by atoms with Crippen LogP contribution in [-0.4, -0.2) is 13.2 Å². The first kappa shape index (κ1) is 21.0. The molecule has 0 radical (unpaired) electrons. The van der Waals surface area contributed by atoms with Gasteiger partial charge in [-0.15, -0.1) is 0 Å². The lowest BCUT2D eigenvalue weighted by Crippen LogP contribution is -2.09. The van der Waals surface area contributed by atoms with E-state index in [0.717, 1.165) is 25.0 Å². The number of ether oxygens (including phenoxy) is 1. The fraction of sp³-hybridized carbons (Fsp3) is 1.00. The Morgan fingerprint density at radius 1 is 0.739 bits per heavy atom. The van der Waals surface area contributed by atoms with Gasteiger partial charge in [0.1, 0.15) is 0 Å². The highest BCUT2D eigenvalue weighted by Crippen LogP contribution is 2.45. The highest BCUT2D eigenvalue weighted by atomic mass is 16.5. The fourth-order valence-electron chi connectivity index (χ4n) is 3.47. The largest absolute Gasteiger partial charge is 0.381 e. The molecular formula is C22H44O. The Hall–Kier alpha value is -0.0400. The quantitative estimate of drug-likeness (QED) is 0.285. The van der Waals surface area contributed by atoms with Crippen molar-refractivity contribution >= 4 is 0 Å². The molecule has 1 fully saturated rings.